The molecule has 0 saturated carbocycles. The number of hydrogen-bond acceptors (Lipinski definition) is 5. The third-order valence-electron chi connectivity index (χ3n) is 1.78. The number of hydrogen-bond donors (Lipinski definition) is 2. The average molecular weight is 210 g/mol. The standard InChI is InChI=1S/C9H14N4O2/c1-15-5-2-7(10)9(14)13-8-6-11-3-4-12-8/h3-4,6-7H,2,5,10H2,1H3,(H,12,13,14). The lowest BCUT2D eigenvalue weighted by molar-refractivity contribution is -0.117. The van der Waals surface area contributed by atoms with Gasteiger partial charge >= 0.3 is 0 Å². The first-order valence-electron chi connectivity index (χ1n) is 4.55. The average Bonchev–Trinajstić information content (AvgIpc) is 2.27. The van der Waals surface area contributed by atoms with Gasteiger partial charge in [-0.2, -0.15) is 0 Å². The fourth-order valence-electron chi connectivity index (χ4n) is 0.958. The van der Waals surface area contributed by atoms with Crippen LogP contribution in [-0.4, -0.2) is 35.6 Å². The van der Waals surface area contributed by atoms with E-state index in [4.69, 9.17) is 10.5 Å². The van der Waals surface area contributed by atoms with Gasteiger partial charge in [-0.1, -0.05) is 0 Å². The van der Waals surface area contributed by atoms with Crippen molar-refractivity contribution in [1.82, 2.24) is 9.97 Å². The van der Waals surface area contributed by atoms with Crippen LogP contribution in [0, 0.1) is 0 Å². The van der Waals surface area contributed by atoms with Crippen LogP contribution in [0.3, 0.4) is 0 Å². The lowest BCUT2D eigenvalue weighted by atomic mass is 10.2. The Bertz CT molecular complexity index is 304. The van der Waals surface area contributed by atoms with E-state index in [2.05, 4.69) is 15.3 Å². The van der Waals surface area contributed by atoms with E-state index >= 15 is 0 Å². The summed E-state index contributed by atoms with van der Waals surface area (Å²) in [5.41, 5.74) is 5.61. The van der Waals surface area contributed by atoms with Crippen molar-refractivity contribution < 1.29 is 9.53 Å². The fourth-order valence-corrected chi connectivity index (χ4v) is 0.958. The summed E-state index contributed by atoms with van der Waals surface area (Å²) in [5, 5.41) is 2.56. The Morgan fingerprint density at radius 1 is 1.67 bits per heavy atom. The highest BCUT2D eigenvalue weighted by atomic mass is 16.5. The summed E-state index contributed by atoms with van der Waals surface area (Å²) >= 11 is 0. The third-order valence-corrected chi connectivity index (χ3v) is 1.78. The predicted octanol–water partition coefficient (Wildman–Crippen LogP) is -0.221. The summed E-state index contributed by atoms with van der Waals surface area (Å²) in [6.07, 6.45) is 4.96. The lowest BCUT2D eigenvalue weighted by Crippen LogP contribution is -2.36. The Labute approximate surface area is 87.9 Å². The highest BCUT2D eigenvalue weighted by molar-refractivity contribution is 5.93. The second-order valence-electron chi connectivity index (χ2n) is 2.97. The largest absolute Gasteiger partial charge is 0.385 e. The van der Waals surface area contributed by atoms with Crippen LogP contribution in [-0.2, 0) is 9.53 Å². The van der Waals surface area contributed by atoms with Crippen molar-refractivity contribution in [3.63, 3.8) is 0 Å². The Hall–Kier alpha value is -1.53. The molecule has 1 aromatic heterocycles. The summed E-state index contributed by atoms with van der Waals surface area (Å²) in [6, 6.07) is -0.591. The van der Waals surface area contributed by atoms with Crippen molar-refractivity contribution in [3.8, 4) is 0 Å². The van der Waals surface area contributed by atoms with Crippen molar-refractivity contribution >= 4 is 11.7 Å². The van der Waals surface area contributed by atoms with Crippen LogP contribution >= 0.6 is 0 Å². The second-order valence-corrected chi connectivity index (χ2v) is 2.97. The van der Waals surface area contributed by atoms with Gasteiger partial charge in [0.25, 0.3) is 0 Å². The Balaban J connectivity index is 2.42. The number of rotatable bonds is 5. The van der Waals surface area contributed by atoms with Crippen LogP contribution in [0.2, 0.25) is 0 Å². The molecule has 0 aliphatic heterocycles. The number of carbonyl (C=O) groups is 1. The molecule has 0 radical (unpaired) electrons. The molecule has 0 aromatic carbocycles. The fraction of sp³-hybridized carbons (Fsp3) is 0.444. The minimum absolute atomic E-state index is 0.285. The molecular weight excluding hydrogens is 196 g/mol. The van der Waals surface area contributed by atoms with Gasteiger partial charge in [-0.05, 0) is 6.42 Å². The van der Waals surface area contributed by atoms with E-state index in [9.17, 15) is 4.79 Å². The maximum absolute atomic E-state index is 11.5. The van der Waals surface area contributed by atoms with E-state index in [1.807, 2.05) is 0 Å². The number of carbonyl (C=O) groups excluding carboxylic acids is 1. The molecule has 1 aromatic rings. The molecule has 0 fully saturated rings. The number of amides is 1. The number of anilines is 1. The third kappa shape index (κ3) is 4.01. The van der Waals surface area contributed by atoms with Gasteiger partial charge in [0.15, 0.2) is 5.82 Å². The van der Waals surface area contributed by atoms with E-state index in [1.54, 1.807) is 7.11 Å². The topological polar surface area (TPSA) is 90.1 Å². The first-order valence-corrected chi connectivity index (χ1v) is 4.55. The van der Waals surface area contributed by atoms with E-state index < -0.39 is 6.04 Å². The molecule has 1 atom stereocenters. The summed E-state index contributed by atoms with van der Waals surface area (Å²) in [6.45, 7) is 0.453. The molecule has 1 heterocycles. The zero-order valence-electron chi connectivity index (χ0n) is 8.51. The normalized spacial score (nSPS) is 12.1. The minimum atomic E-state index is -0.591. The molecule has 6 nitrogen and oxygen atoms in total. The van der Waals surface area contributed by atoms with Crippen LogP contribution in [0.1, 0.15) is 6.42 Å². The van der Waals surface area contributed by atoms with Crippen molar-refractivity contribution in [2.24, 2.45) is 5.73 Å². The quantitative estimate of drug-likeness (QED) is 0.701. The van der Waals surface area contributed by atoms with Crippen molar-refractivity contribution in [2.45, 2.75) is 12.5 Å². The molecule has 82 valence electrons. The van der Waals surface area contributed by atoms with Gasteiger partial charge in [-0.15, -0.1) is 0 Å². The summed E-state index contributed by atoms with van der Waals surface area (Å²) in [4.78, 5) is 19.2. The van der Waals surface area contributed by atoms with Gasteiger partial charge in [-0.25, -0.2) is 4.98 Å². The minimum Gasteiger partial charge on any atom is -0.385 e. The molecule has 0 bridgehead atoms. The van der Waals surface area contributed by atoms with Crippen molar-refractivity contribution in [3.05, 3.63) is 18.6 Å². The van der Waals surface area contributed by atoms with Gasteiger partial charge in [0.2, 0.25) is 5.91 Å². The van der Waals surface area contributed by atoms with Crippen molar-refractivity contribution in [1.29, 1.82) is 0 Å². The van der Waals surface area contributed by atoms with Crippen LogP contribution in [0.25, 0.3) is 0 Å². The Morgan fingerprint density at radius 2 is 2.47 bits per heavy atom. The molecule has 0 spiro atoms. The Morgan fingerprint density at radius 3 is 3.07 bits per heavy atom. The number of methoxy groups -OCH3 is 1. The number of ether oxygens (including phenoxy) is 1. The van der Waals surface area contributed by atoms with Gasteiger partial charge in [0.05, 0.1) is 12.2 Å². The van der Waals surface area contributed by atoms with Crippen LogP contribution < -0.4 is 11.1 Å². The number of aromatic nitrogens is 2. The second kappa shape index (κ2) is 6.05. The maximum atomic E-state index is 11.5. The molecule has 1 amide bonds. The highest BCUT2D eigenvalue weighted by Gasteiger charge is 2.13. The first-order chi connectivity index (χ1) is 7.24. The molecule has 15 heavy (non-hydrogen) atoms. The smallest absolute Gasteiger partial charge is 0.242 e. The van der Waals surface area contributed by atoms with E-state index in [1.165, 1.54) is 18.6 Å². The molecule has 0 aliphatic rings. The van der Waals surface area contributed by atoms with Crippen LogP contribution in [0.15, 0.2) is 18.6 Å². The first kappa shape index (κ1) is 11.5. The molecular formula is C9H14N4O2. The highest BCUT2D eigenvalue weighted by Crippen LogP contribution is 1.99. The van der Waals surface area contributed by atoms with Gasteiger partial charge in [0, 0.05) is 26.1 Å². The molecule has 1 rings (SSSR count). The van der Waals surface area contributed by atoms with Crippen molar-refractivity contribution in [2.75, 3.05) is 19.0 Å². The molecule has 3 N–H and O–H groups in total. The maximum Gasteiger partial charge on any atom is 0.242 e. The number of nitrogens with two attached hydrogens (primary N) is 1. The van der Waals surface area contributed by atoms with E-state index in [0.717, 1.165) is 0 Å². The Kier molecular flexibility index (Phi) is 4.65. The SMILES string of the molecule is COCCC(N)C(=O)Nc1cnccn1. The summed E-state index contributed by atoms with van der Waals surface area (Å²) < 4.78 is 4.82. The summed E-state index contributed by atoms with van der Waals surface area (Å²) in [5.74, 6) is 0.114. The zero-order chi connectivity index (χ0) is 11.1. The number of nitrogens with one attached hydrogen (secondary N) is 1. The zero-order valence-corrected chi connectivity index (χ0v) is 8.51. The summed E-state index contributed by atoms with van der Waals surface area (Å²) in [7, 11) is 1.56. The number of nitrogens with zero attached hydrogens (tertiary/aromatic N) is 2. The van der Waals surface area contributed by atoms with Crippen LogP contribution in [0.4, 0.5) is 5.82 Å². The van der Waals surface area contributed by atoms with E-state index in [-0.39, 0.29) is 5.91 Å². The van der Waals surface area contributed by atoms with E-state index in [0.29, 0.717) is 18.8 Å². The lowest BCUT2D eigenvalue weighted by Gasteiger charge is -2.10. The molecule has 0 aliphatic carbocycles. The van der Waals surface area contributed by atoms with Gasteiger partial charge < -0.3 is 15.8 Å². The van der Waals surface area contributed by atoms with Crippen LogP contribution in [0.5, 0.6) is 0 Å². The van der Waals surface area contributed by atoms with Gasteiger partial charge in [0.1, 0.15) is 0 Å². The predicted molar refractivity (Wildman–Crippen MR) is 55.1 cm³/mol. The molecule has 0 saturated heterocycles. The monoisotopic (exact) mass is 210 g/mol. The molecule has 6 heteroatoms. The molecule has 1 unspecified atom stereocenters. The van der Waals surface area contributed by atoms with Gasteiger partial charge in [-0.3, -0.25) is 9.78 Å².